The van der Waals surface area contributed by atoms with Gasteiger partial charge in [0.05, 0.1) is 12.6 Å². The van der Waals surface area contributed by atoms with Gasteiger partial charge in [0, 0.05) is 19.1 Å². The number of rotatable bonds is 7. The number of nitrogens with zero attached hydrogens (tertiary/aromatic N) is 1. The van der Waals surface area contributed by atoms with Crippen LogP contribution in [0.5, 0.6) is 0 Å². The molecule has 0 aromatic heterocycles. The van der Waals surface area contributed by atoms with E-state index >= 15 is 0 Å². The van der Waals surface area contributed by atoms with Crippen molar-refractivity contribution in [2.45, 2.75) is 52.1 Å². The SMILES string of the molecule is CC(C)CNC(=O)C(C)N(CCO)C1CCC1. The van der Waals surface area contributed by atoms with E-state index in [0.717, 1.165) is 19.4 Å². The third-order valence-electron chi connectivity index (χ3n) is 3.46. The van der Waals surface area contributed by atoms with Gasteiger partial charge in [-0.15, -0.1) is 0 Å². The van der Waals surface area contributed by atoms with Crippen molar-refractivity contribution in [3.8, 4) is 0 Å². The molecule has 1 aliphatic carbocycles. The molecule has 1 unspecified atom stereocenters. The van der Waals surface area contributed by atoms with Crippen LogP contribution in [0.15, 0.2) is 0 Å². The third kappa shape index (κ3) is 4.28. The molecule has 0 bridgehead atoms. The van der Waals surface area contributed by atoms with Crippen molar-refractivity contribution in [2.75, 3.05) is 19.7 Å². The number of hydrogen-bond acceptors (Lipinski definition) is 3. The zero-order valence-electron chi connectivity index (χ0n) is 11.3. The van der Waals surface area contributed by atoms with Gasteiger partial charge in [0.1, 0.15) is 0 Å². The average Bonchev–Trinajstić information content (AvgIpc) is 2.21. The summed E-state index contributed by atoms with van der Waals surface area (Å²) in [5.74, 6) is 0.556. The van der Waals surface area contributed by atoms with E-state index in [1.807, 2.05) is 6.92 Å². The first-order valence-electron chi connectivity index (χ1n) is 6.70. The van der Waals surface area contributed by atoms with Crippen LogP contribution in [0.4, 0.5) is 0 Å². The Morgan fingerprint density at radius 1 is 1.41 bits per heavy atom. The monoisotopic (exact) mass is 242 g/mol. The molecule has 1 atom stereocenters. The number of amides is 1. The lowest BCUT2D eigenvalue weighted by atomic mass is 9.90. The van der Waals surface area contributed by atoms with Crippen molar-refractivity contribution >= 4 is 5.91 Å². The maximum atomic E-state index is 12.0. The summed E-state index contributed by atoms with van der Waals surface area (Å²) in [5.41, 5.74) is 0. The number of aliphatic hydroxyl groups excluding tert-OH is 1. The molecular weight excluding hydrogens is 216 g/mol. The molecule has 1 amide bonds. The smallest absolute Gasteiger partial charge is 0.237 e. The van der Waals surface area contributed by atoms with Crippen LogP contribution < -0.4 is 5.32 Å². The van der Waals surface area contributed by atoms with Gasteiger partial charge >= 0.3 is 0 Å². The first kappa shape index (κ1) is 14.5. The van der Waals surface area contributed by atoms with Gasteiger partial charge in [-0.3, -0.25) is 9.69 Å². The summed E-state index contributed by atoms with van der Waals surface area (Å²) in [5, 5.41) is 12.0. The molecule has 4 heteroatoms. The standard InChI is InChI=1S/C13H26N2O2/c1-10(2)9-14-13(17)11(3)15(7-8-16)12-5-4-6-12/h10-12,16H,4-9H2,1-3H3,(H,14,17). The lowest BCUT2D eigenvalue weighted by molar-refractivity contribution is -0.127. The van der Waals surface area contributed by atoms with Crippen LogP contribution in [-0.2, 0) is 4.79 Å². The maximum Gasteiger partial charge on any atom is 0.237 e. The van der Waals surface area contributed by atoms with Gasteiger partial charge in [-0.1, -0.05) is 20.3 Å². The summed E-state index contributed by atoms with van der Waals surface area (Å²) < 4.78 is 0. The molecule has 0 spiro atoms. The highest BCUT2D eigenvalue weighted by Crippen LogP contribution is 2.26. The zero-order valence-corrected chi connectivity index (χ0v) is 11.3. The van der Waals surface area contributed by atoms with Crippen LogP contribution in [0.2, 0.25) is 0 Å². The summed E-state index contributed by atoms with van der Waals surface area (Å²) >= 11 is 0. The number of hydrogen-bond donors (Lipinski definition) is 2. The highest BCUT2D eigenvalue weighted by molar-refractivity contribution is 5.81. The van der Waals surface area contributed by atoms with Gasteiger partial charge in [0.15, 0.2) is 0 Å². The van der Waals surface area contributed by atoms with Gasteiger partial charge in [0.25, 0.3) is 0 Å². The second-order valence-electron chi connectivity index (χ2n) is 5.36. The Labute approximate surface area is 104 Å². The third-order valence-corrected chi connectivity index (χ3v) is 3.46. The molecule has 2 N–H and O–H groups in total. The maximum absolute atomic E-state index is 12.0. The molecule has 0 heterocycles. The highest BCUT2D eigenvalue weighted by atomic mass is 16.3. The first-order chi connectivity index (χ1) is 8.06. The van der Waals surface area contributed by atoms with Crippen molar-refractivity contribution in [1.82, 2.24) is 10.2 Å². The van der Waals surface area contributed by atoms with Crippen molar-refractivity contribution in [3.63, 3.8) is 0 Å². The van der Waals surface area contributed by atoms with Crippen LogP contribution in [0.25, 0.3) is 0 Å². The topological polar surface area (TPSA) is 52.6 Å². The van der Waals surface area contributed by atoms with Crippen LogP contribution >= 0.6 is 0 Å². The van der Waals surface area contributed by atoms with Gasteiger partial charge in [-0.2, -0.15) is 0 Å². The Morgan fingerprint density at radius 3 is 2.47 bits per heavy atom. The number of carbonyl (C=O) groups excluding carboxylic acids is 1. The molecule has 0 aliphatic heterocycles. The molecule has 0 saturated heterocycles. The summed E-state index contributed by atoms with van der Waals surface area (Å²) in [6.45, 7) is 7.55. The Kier molecular flexibility index (Phi) is 5.92. The van der Waals surface area contributed by atoms with Gasteiger partial charge in [0.2, 0.25) is 5.91 Å². The second-order valence-corrected chi connectivity index (χ2v) is 5.36. The second kappa shape index (κ2) is 6.97. The summed E-state index contributed by atoms with van der Waals surface area (Å²) in [7, 11) is 0. The first-order valence-corrected chi connectivity index (χ1v) is 6.70. The van der Waals surface area contributed by atoms with E-state index in [-0.39, 0.29) is 18.6 Å². The Hall–Kier alpha value is -0.610. The lowest BCUT2D eigenvalue weighted by Crippen LogP contribution is -2.53. The molecule has 0 aromatic rings. The minimum absolute atomic E-state index is 0.0825. The molecule has 1 saturated carbocycles. The van der Waals surface area contributed by atoms with Crippen molar-refractivity contribution in [1.29, 1.82) is 0 Å². The number of nitrogens with one attached hydrogen (secondary N) is 1. The summed E-state index contributed by atoms with van der Waals surface area (Å²) in [6.07, 6.45) is 3.55. The molecule has 1 rings (SSSR count). The van der Waals surface area contributed by atoms with Crippen LogP contribution in [0, 0.1) is 5.92 Å². The average molecular weight is 242 g/mol. The molecule has 4 nitrogen and oxygen atoms in total. The van der Waals surface area contributed by atoms with Gasteiger partial charge in [-0.05, 0) is 25.7 Å². The van der Waals surface area contributed by atoms with Crippen molar-refractivity contribution < 1.29 is 9.90 Å². The van der Waals surface area contributed by atoms with Crippen molar-refractivity contribution in [2.24, 2.45) is 5.92 Å². The van der Waals surface area contributed by atoms with Gasteiger partial charge in [-0.25, -0.2) is 0 Å². The van der Waals surface area contributed by atoms with Gasteiger partial charge < -0.3 is 10.4 Å². The molecule has 100 valence electrons. The molecule has 1 aliphatic rings. The Bertz CT molecular complexity index is 240. The van der Waals surface area contributed by atoms with Crippen molar-refractivity contribution in [3.05, 3.63) is 0 Å². The van der Waals surface area contributed by atoms with Crippen LogP contribution in [0.3, 0.4) is 0 Å². The lowest BCUT2D eigenvalue weighted by Gasteiger charge is -2.40. The normalized spacial score (nSPS) is 18.2. The molecule has 17 heavy (non-hydrogen) atoms. The molecule has 1 fully saturated rings. The predicted molar refractivity (Wildman–Crippen MR) is 68.7 cm³/mol. The minimum atomic E-state index is -0.133. The largest absolute Gasteiger partial charge is 0.395 e. The fourth-order valence-electron chi connectivity index (χ4n) is 2.13. The zero-order chi connectivity index (χ0) is 12.8. The minimum Gasteiger partial charge on any atom is -0.395 e. The Balaban J connectivity index is 2.44. The Morgan fingerprint density at radius 2 is 2.06 bits per heavy atom. The van der Waals surface area contributed by atoms with E-state index in [2.05, 4.69) is 24.1 Å². The molecule has 0 aromatic carbocycles. The number of aliphatic hydroxyl groups is 1. The van der Waals surface area contributed by atoms with E-state index < -0.39 is 0 Å². The van der Waals surface area contributed by atoms with E-state index in [1.165, 1.54) is 6.42 Å². The summed E-state index contributed by atoms with van der Waals surface area (Å²) in [4.78, 5) is 14.1. The van der Waals surface area contributed by atoms with E-state index in [4.69, 9.17) is 5.11 Å². The fourth-order valence-corrected chi connectivity index (χ4v) is 2.13. The van der Waals surface area contributed by atoms with E-state index in [9.17, 15) is 4.79 Å². The quantitative estimate of drug-likeness (QED) is 0.700. The van der Waals surface area contributed by atoms with Crippen LogP contribution in [0.1, 0.15) is 40.0 Å². The predicted octanol–water partition coefficient (Wildman–Crippen LogP) is 0.994. The summed E-state index contributed by atoms with van der Waals surface area (Å²) in [6, 6.07) is 0.355. The number of carbonyl (C=O) groups is 1. The highest BCUT2D eigenvalue weighted by Gasteiger charge is 2.31. The fraction of sp³-hybridized carbons (Fsp3) is 0.923. The van der Waals surface area contributed by atoms with E-state index in [1.54, 1.807) is 0 Å². The molecular formula is C13H26N2O2. The van der Waals surface area contributed by atoms with E-state index in [0.29, 0.717) is 18.5 Å². The van der Waals surface area contributed by atoms with Crippen LogP contribution in [-0.4, -0.2) is 47.7 Å². The molecule has 0 radical (unpaired) electrons.